The zero-order valence-corrected chi connectivity index (χ0v) is 15.8. The summed E-state index contributed by atoms with van der Waals surface area (Å²) in [7, 11) is 3.91. The van der Waals surface area contributed by atoms with Gasteiger partial charge in [-0.1, -0.05) is 23.8 Å². The smallest absolute Gasteiger partial charge is 0.267 e. The number of carbonyl (C=O) groups is 1. The maximum absolute atomic E-state index is 12.5. The molecule has 2 aromatic rings. The quantitative estimate of drug-likeness (QED) is 0.629. The fourth-order valence-electron chi connectivity index (χ4n) is 2.74. The van der Waals surface area contributed by atoms with Crippen LogP contribution in [0, 0.1) is 32.1 Å². The lowest BCUT2D eigenvalue weighted by Crippen LogP contribution is -2.16. The van der Waals surface area contributed by atoms with E-state index in [1.54, 1.807) is 0 Å². The van der Waals surface area contributed by atoms with Crippen molar-refractivity contribution in [1.82, 2.24) is 0 Å². The highest BCUT2D eigenvalue weighted by atomic mass is 16.1. The summed E-state index contributed by atoms with van der Waals surface area (Å²) in [5, 5.41) is 15.2. The number of nitriles is 1. The average molecular weight is 348 g/mol. The Morgan fingerprint density at radius 1 is 1.12 bits per heavy atom. The van der Waals surface area contributed by atoms with Gasteiger partial charge in [0.25, 0.3) is 5.91 Å². The second-order valence-electron chi connectivity index (χ2n) is 6.49. The molecule has 0 unspecified atom stereocenters. The third-order valence-corrected chi connectivity index (χ3v) is 4.03. The summed E-state index contributed by atoms with van der Waals surface area (Å²) < 4.78 is 0. The van der Waals surface area contributed by atoms with Crippen LogP contribution in [0.4, 0.5) is 17.1 Å². The molecule has 2 aromatic carbocycles. The van der Waals surface area contributed by atoms with Crippen LogP contribution in [0.2, 0.25) is 0 Å². The van der Waals surface area contributed by atoms with Crippen molar-refractivity contribution >= 4 is 23.0 Å². The first-order valence-corrected chi connectivity index (χ1v) is 8.35. The molecule has 1 amide bonds. The van der Waals surface area contributed by atoms with Crippen LogP contribution in [0.1, 0.15) is 16.7 Å². The van der Waals surface area contributed by atoms with E-state index in [0.29, 0.717) is 0 Å². The Bertz CT molecular complexity index is 868. The number of amides is 1. The zero-order chi connectivity index (χ0) is 19.3. The van der Waals surface area contributed by atoms with Crippen molar-refractivity contribution in [3.05, 3.63) is 64.9 Å². The zero-order valence-electron chi connectivity index (χ0n) is 15.8. The highest BCUT2D eigenvalue weighted by molar-refractivity contribution is 6.07. The van der Waals surface area contributed by atoms with E-state index in [4.69, 9.17) is 0 Å². The van der Waals surface area contributed by atoms with Gasteiger partial charge in [0.05, 0.1) is 0 Å². The van der Waals surface area contributed by atoms with Gasteiger partial charge in [-0.2, -0.15) is 5.26 Å². The van der Waals surface area contributed by atoms with Crippen molar-refractivity contribution < 1.29 is 4.79 Å². The molecule has 134 valence electrons. The van der Waals surface area contributed by atoms with Gasteiger partial charge in [-0.3, -0.25) is 4.79 Å². The van der Waals surface area contributed by atoms with Crippen molar-refractivity contribution in [3.8, 4) is 6.07 Å². The normalized spacial score (nSPS) is 10.8. The summed E-state index contributed by atoms with van der Waals surface area (Å²) in [5.74, 6) is -0.432. The van der Waals surface area contributed by atoms with Gasteiger partial charge in [0.2, 0.25) is 0 Å². The van der Waals surface area contributed by atoms with Gasteiger partial charge < -0.3 is 15.5 Å². The minimum atomic E-state index is -0.432. The summed E-state index contributed by atoms with van der Waals surface area (Å²) in [5.41, 5.74) is 5.67. The number of aryl methyl sites for hydroxylation is 3. The molecule has 0 bridgehead atoms. The largest absolute Gasteiger partial charge is 0.378 e. The molecule has 2 N–H and O–H groups in total. The Morgan fingerprint density at radius 3 is 2.35 bits per heavy atom. The second-order valence-corrected chi connectivity index (χ2v) is 6.49. The fourth-order valence-corrected chi connectivity index (χ4v) is 2.74. The number of carbonyl (C=O) groups excluding carboxylic acids is 1. The van der Waals surface area contributed by atoms with E-state index in [1.165, 1.54) is 6.20 Å². The summed E-state index contributed by atoms with van der Waals surface area (Å²) in [6.45, 7) is 5.89. The van der Waals surface area contributed by atoms with Crippen LogP contribution in [-0.2, 0) is 4.79 Å². The lowest BCUT2D eigenvalue weighted by molar-refractivity contribution is -0.112. The predicted molar refractivity (Wildman–Crippen MR) is 107 cm³/mol. The topological polar surface area (TPSA) is 68.2 Å². The van der Waals surface area contributed by atoms with Gasteiger partial charge in [0.1, 0.15) is 11.6 Å². The molecule has 0 fully saturated rings. The minimum Gasteiger partial charge on any atom is -0.378 e. The van der Waals surface area contributed by atoms with Gasteiger partial charge in [0.15, 0.2) is 0 Å². The molecule has 0 saturated carbocycles. The molecular weight excluding hydrogens is 324 g/mol. The number of nitrogens with zero attached hydrogens (tertiary/aromatic N) is 2. The second kappa shape index (κ2) is 8.21. The van der Waals surface area contributed by atoms with Crippen molar-refractivity contribution in [3.63, 3.8) is 0 Å². The van der Waals surface area contributed by atoms with Gasteiger partial charge in [-0.05, 0) is 50.1 Å². The first-order valence-electron chi connectivity index (χ1n) is 8.35. The van der Waals surface area contributed by atoms with Crippen molar-refractivity contribution in [2.24, 2.45) is 0 Å². The molecule has 0 heterocycles. The third-order valence-electron chi connectivity index (χ3n) is 4.03. The molecular formula is C21H24N4O. The van der Waals surface area contributed by atoms with Crippen LogP contribution in [0.3, 0.4) is 0 Å². The lowest BCUT2D eigenvalue weighted by atomic mass is 10.0. The standard InChI is InChI=1S/C21H24N4O/c1-14-9-15(2)20(16(3)10-14)24-21(26)17(12-22)13-23-18-7-6-8-19(11-18)25(4)5/h6-11,13,23H,1-5H3,(H,24,26)/b17-13-. The van der Waals surface area contributed by atoms with E-state index in [-0.39, 0.29) is 5.57 Å². The highest BCUT2D eigenvalue weighted by Crippen LogP contribution is 2.22. The molecule has 26 heavy (non-hydrogen) atoms. The van der Waals surface area contributed by atoms with E-state index in [0.717, 1.165) is 33.8 Å². The third kappa shape index (κ3) is 4.64. The molecule has 0 aromatic heterocycles. The summed E-state index contributed by atoms with van der Waals surface area (Å²) in [4.78, 5) is 14.5. The number of benzene rings is 2. The molecule has 0 radical (unpaired) electrons. The Kier molecular flexibility index (Phi) is 6.03. The van der Waals surface area contributed by atoms with Crippen LogP contribution in [-0.4, -0.2) is 20.0 Å². The molecule has 5 heteroatoms. The van der Waals surface area contributed by atoms with Gasteiger partial charge >= 0.3 is 0 Å². The minimum absolute atomic E-state index is 0.0135. The summed E-state index contributed by atoms with van der Waals surface area (Å²) in [6.07, 6.45) is 1.43. The van der Waals surface area contributed by atoms with Gasteiger partial charge in [-0.15, -0.1) is 0 Å². The molecule has 5 nitrogen and oxygen atoms in total. The monoisotopic (exact) mass is 348 g/mol. The number of nitrogens with one attached hydrogen (secondary N) is 2. The molecule has 0 aliphatic heterocycles. The van der Waals surface area contributed by atoms with Crippen LogP contribution in [0.15, 0.2) is 48.2 Å². The van der Waals surface area contributed by atoms with Crippen molar-refractivity contribution in [2.75, 3.05) is 29.6 Å². The molecule has 0 atom stereocenters. The first-order chi connectivity index (χ1) is 12.3. The lowest BCUT2D eigenvalue weighted by Gasteiger charge is -2.14. The fraction of sp³-hybridized carbons (Fsp3) is 0.238. The van der Waals surface area contributed by atoms with E-state index < -0.39 is 5.91 Å². The summed E-state index contributed by atoms with van der Waals surface area (Å²) >= 11 is 0. The van der Waals surface area contributed by atoms with Crippen LogP contribution in [0.25, 0.3) is 0 Å². The van der Waals surface area contributed by atoms with Crippen molar-refractivity contribution in [1.29, 1.82) is 5.26 Å². The average Bonchev–Trinajstić information content (AvgIpc) is 2.58. The van der Waals surface area contributed by atoms with Crippen molar-refractivity contribution in [2.45, 2.75) is 20.8 Å². The Morgan fingerprint density at radius 2 is 1.77 bits per heavy atom. The van der Waals surface area contributed by atoms with Crippen LogP contribution < -0.4 is 15.5 Å². The number of anilines is 3. The highest BCUT2D eigenvalue weighted by Gasteiger charge is 2.12. The van der Waals surface area contributed by atoms with E-state index in [2.05, 4.69) is 10.6 Å². The molecule has 0 aliphatic rings. The molecule has 0 aliphatic carbocycles. The maximum atomic E-state index is 12.5. The van der Waals surface area contributed by atoms with Crippen LogP contribution in [0.5, 0.6) is 0 Å². The van der Waals surface area contributed by atoms with Crippen LogP contribution >= 0.6 is 0 Å². The van der Waals surface area contributed by atoms with Gasteiger partial charge in [0, 0.05) is 37.4 Å². The first kappa shape index (κ1) is 19.1. The number of hydrogen-bond acceptors (Lipinski definition) is 4. The predicted octanol–water partition coefficient (Wildman–Crippen LogP) is 4.14. The van der Waals surface area contributed by atoms with E-state index in [9.17, 15) is 10.1 Å². The van der Waals surface area contributed by atoms with E-state index in [1.807, 2.05) is 82.2 Å². The molecule has 0 spiro atoms. The Hall–Kier alpha value is -3.26. The summed E-state index contributed by atoms with van der Waals surface area (Å²) in [6, 6.07) is 13.7. The molecule has 2 rings (SSSR count). The molecule has 0 saturated heterocycles. The SMILES string of the molecule is Cc1cc(C)c(NC(=O)/C(C#N)=C\Nc2cccc(N(C)C)c2)c(C)c1. The number of rotatable bonds is 5. The Labute approximate surface area is 154 Å². The number of hydrogen-bond donors (Lipinski definition) is 2. The Balaban J connectivity index is 2.18. The van der Waals surface area contributed by atoms with E-state index >= 15 is 0 Å². The maximum Gasteiger partial charge on any atom is 0.267 e. The van der Waals surface area contributed by atoms with Gasteiger partial charge in [-0.25, -0.2) is 0 Å².